The lowest BCUT2D eigenvalue weighted by molar-refractivity contribution is 0.842. The van der Waals surface area contributed by atoms with Gasteiger partial charge in [-0.15, -0.1) is 0 Å². The average molecular weight is 1410 g/mol. The quantitative estimate of drug-likeness (QED) is 0.108. The van der Waals surface area contributed by atoms with Crippen LogP contribution in [0.5, 0.6) is 0 Å². The topological polar surface area (TPSA) is 119 Å². The predicted molar refractivity (Wildman–Crippen MR) is 438 cm³/mol. The molecular weight excluding hydrogens is 1350 g/mol. The van der Waals surface area contributed by atoms with Gasteiger partial charge in [-0.1, -0.05) is 330 Å². The Morgan fingerprint density at radius 3 is 0.651 bits per heavy atom. The van der Waals surface area contributed by atoms with E-state index in [-0.39, 0.29) is 37.9 Å². The molecule has 0 unspecified atom stereocenters. The zero-order valence-electron chi connectivity index (χ0n) is 58.9. The first-order chi connectivity index (χ1) is 52.0. The summed E-state index contributed by atoms with van der Waals surface area (Å²) in [4.78, 5) is 58.5. The molecule has 21 rings (SSSR count). The molecule has 106 heavy (non-hydrogen) atoms. The molecule has 0 amide bonds. The fraction of sp³-hybridized carbons (Fsp3) is 0.100. The summed E-state index contributed by atoms with van der Waals surface area (Å²) in [7, 11) is 0. The Kier molecular flexibility index (Phi) is 14.7. The smallest absolute Gasteiger partial charge is 0.249 e. The summed E-state index contributed by atoms with van der Waals surface area (Å²) in [5, 5.41) is 0. The van der Waals surface area contributed by atoms with Crippen LogP contribution in [0.15, 0.2) is 284 Å². The Hall–Kier alpha value is -11.3. The predicted octanol–water partition coefficient (Wildman–Crippen LogP) is 16.0. The minimum Gasteiger partial charge on any atom is -0.313 e. The molecule has 0 N–H and O–H groups in total. The van der Waals surface area contributed by atoms with E-state index in [2.05, 4.69) is 265 Å². The third-order valence-electron chi connectivity index (χ3n) is 21.8. The van der Waals surface area contributed by atoms with E-state index in [0.29, 0.717) is 52.4 Å². The van der Waals surface area contributed by atoms with Crippen molar-refractivity contribution < 1.29 is 0 Å². The molecule has 12 aromatic carbocycles. The number of anilines is 3. The molecule has 500 valence electrons. The highest BCUT2D eigenvalue weighted by molar-refractivity contribution is 8.00. The minimum absolute atomic E-state index is 0.185. The van der Waals surface area contributed by atoms with E-state index in [9.17, 15) is 0 Å². The van der Waals surface area contributed by atoms with Gasteiger partial charge < -0.3 is 4.90 Å². The Morgan fingerprint density at radius 1 is 0.236 bits per heavy atom. The first-order valence-corrected chi connectivity index (χ1v) is 39.0. The first-order valence-electron chi connectivity index (χ1n) is 36.5. The van der Waals surface area contributed by atoms with E-state index in [1.165, 1.54) is 112 Å². The summed E-state index contributed by atoms with van der Waals surface area (Å²) < 4.78 is 0. The lowest BCUT2D eigenvalue weighted by atomic mass is 9.26. The van der Waals surface area contributed by atoms with Crippen LogP contribution in [0.25, 0.3) is 102 Å². The van der Waals surface area contributed by atoms with Crippen LogP contribution >= 0.6 is 35.3 Å². The molecule has 0 aliphatic carbocycles. The second kappa shape index (κ2) is 24.7. The zero-order valence-corrected chi connectivity index (χ0v) is 61.4. The first kappa shape index (κ1) is 63.2. The minimum atomic E-state index is -0.188. The maximum Gasteiger partial charge on any atom is 0.249 e. The van der Waals surface area contributed by atoms with Crippen LogP contribution in [0, 0.1) is 0 Å². The van der Waals surface area contributed by atoms with Gasteiger partial charge in [0.25, 0.3) is 0 Å². The summed E-state index contributed by atoms with van der Waals surface area (Å²) in [6, 6.07) is 91.0. The number of benzene rings is 12. The van der Waals surface area contributed by atoms with E-state index < -0.39 is 0 Å². The normalized spacial score (nSPS) is 13.4. The van der Waals surface area contributed by atoms with Crippen LogP contribution in [0.3, 0.4) is 0 Å². The van der Waals surface area contributed by atoms with Crippen LogP contribution in [0.1, 0.15) is 76.0 Å². The molecule has 9 heterocycles. The maximum atomic E-state index is 5.40. The Labute approximate surface area is 629 Å². The summed E-state index contributed by atoms with van der Waals surface area (Å²) in [6.07, 6.45) is 0. The molecule has 0 saturated heterocycles. The molecule has 0 atom stereocenters. The van der Waals surface area contributed by atoms with Crippen LogP contribution in [-0.2, 0) is 0 Å². The highest BCUT2D eigenvalue weighted by Crippen LogP contribution is 2.52. The number of aromatic nitrogens is 9. The van der Waals surface area contributed by atoms with Crippen molar-refractivity contribution in [1.82, 2.24) is 44.9 Å². The van der Waals surface area contributed by atoms with Crippen LogP contribution in [0.4, 0.5) is 17.1 Å². The van der Waals surface area contributed by atoms with Crippen molar-refractivity contribution in [2.75, 3.05) is 4.90 Å². The van der Waals surface area contributed by atoms with Gasteiger partial charge in [-0.05, 0) is 85.4 Å². The van der Waals surface area contributed by atoms with Gasteiger partial charge in [-0.2, -0.15) is 0 Å². The molecule has 0 fully saturated rings. The van der Waals surface area contributed by atoms with E-state index in [1.807, 2.05) is 71.7 Å². The highest BCUT2D eigenvalue weighted by Gasteiger charge is 2.56. The van der Waals surface area contributed by atoms with Gasteiger partial charge in [0, 0.05) is 96.5 Å². The van der Waals surface area contributed by atoms with Crippen molar-refractivity contribution in [3.63, 3.8) is 0 Å². The van der Waals surface area contributed by atoms with Crippen LogP contribution < -0.4 is 54.1 Å². The van der Waals surface area contributed by atoms with Crippen molar-refractivity contribution in [1.29, 1.82) is 0 Å². The second-order valence-electron chi connectivity index (χ2n) is 29.2. The van der Waals surface area contributed by atoms with Crippen molar-refractivity contribution in [2.24, 2.45) is 0 Å². The largest absolute Gasteiger partial charge is 0.313 e. The van der Waals surface area contributed by atoms with Crippen molar-refractivity contribution in [2.45, 2.75) is 88.7 Å². The Morgan fingerprint density at radius 2 is 0.443 bits per heavy atom. The van der Waals surface area contributed by atoms with Crippen LogP contribution in [0.2, 0.25) is 0 Å². The van der Waals surface area contributed by atoms with E-state index in [0.717, 1.165) is 50.1 Å². The van der Waals surface area contributed by atoms with Crippen molar-refractivity contribution in [3.8, 4) is 102 Å². The summed E-state index contributed by atoms with van der Waals surface area (Å²) in [5.41, 5.74) is 28.2. The number of fused-ring (bicyclic) bond motifs is 9. The maximum absolute atomic E-state index is 5.40. The molecule has 10 nitrogen and oxygen atoms in total. The standard InChI is InChI=1S/C90H63B3N10S3/c1-49(2)61-46-67-76-73-79(61)104-70-40-37-58(88-97-82(52-25-13-7-14-26-52)94-83(98-88)53-27-15-8-16-28-53)43-64(70)92(73)68-47-62(50(3)4)81-75-77(68)103(76)78-69(93(75)66-45-60(39-42-72(66)106-81)90-101-86(56-33-21-11-22-34-56)96-87(102-90)57-35-23-12-24-36-57)48-63(51(5)6)80-74(78)91(67)65-44-59(38-41-71(65)105-80)89-99-84(54-29-17-9-18-30-54)95-85(100-89)55-31-19-10-20-32-55/h7-51H,1-6H3. The Bertz CT molecular complexity index is 5420. The van der Waals surface area contributed by atoms with Gasteiger partial charge in [-0.3, -0.25) is 0 Å². The third kappa shape index (κ3) is 9.97. The lowest BCUT2D eigenvalue weighted by Crippen LogP contribution is -2.73. The van der Waals surface area contributed by atoms with Crippen molar-refractivity contribution in [3.05, 3.63) is 271 Å². The van der Waals surface area contributed by atoms with E-state index >= 15 is 0 Å². The molecular formula is C90H63B3N10S3. The zero-order chi connectivity index (χ0) is 70.7. The molecule has 0 radical (unpaired) electrons. The summed E-state index contributed by atoms with van der Waals surface area (Å²) in [5.74, 6) is 6.26. The molecule has 15 aromatic rings. The second-order valence-corrected chi connectivity index (χ2v) is 32.4. The summed E-state index contributed by atoms with van der Waals surface area (Å²) in [6.45, 7) is 13.8. The molecule has 0 spiro atoms. The van der Waals surface area contributed by atoms with Gasteiger partial charge in [0.05, 0.1) is 0 Å². The van der Waals surface area contributed by atoms with Gasteiger partial charge in [0.2, 0.25) is 20.1 Å². The van der Waals surface area contributed by atoms with Crippen LogP contribution in [-0.4, -0.2) is 65.0 Å². The fourth-order valence-corrected chi connectivity index (χ4v) is 21.1. The SMILES string of the molecule is CC(C)c1cc2c3c4c1Sc1ccc(-c5nc(-c6ccccc6)nc(-c6ccccc6)n5)cc1B4c1cc(C(C)C)c4c5c1N3c1c(cc(C(C)C)c3c1B2c1cc(-c2nc(-c6ccccc6)nc(-c6ccccc6)n2)ccc1S3)B5c1cc(-c2nc(-c3ccccc3)nc(-c3ccccc3)n2)ccc1S4. The van der Waals surface area contributed by atoms with Crippen molar-refractivity contribution >= 4 is 122 Å². The number of hydrogen-bond acceptors (Lipinski definition) is 13. The number of hydrogen-bond donors (Lipinski definition) is 0. The van der Waals surface area contributed by atoms with E-state index in [4.69, 9.17) is 44.9 Å². The van der Waals surface area contributed by atoms with Gasteiger partial charge >= 0.3 is 0 Å². The summed E-state index contributed by atoms with van der Waals surface area (Å²) >= 11 is 5.81. The molecule has 0 saturated carbocycles. The number of rotatable bonds is 12. The lowest BCUT2D eigenvalue weighted by Gasteiger charge is -2.53. The molecule has 6 aliphatic heterocycles. The number of nitrogens with zero attached hydrogens (tertiary/aromatic N) is 10. The molecule has 6 aliphatic rings. The van der Waals surface area contributed by atoms with Gasteiger partial charge in [0.1, 0.15) is 0 Å². The molecule has 3 aromatic heterocycles. The monoisotopic (exact) mass is 1410 g/mol. The Balaban J connectivity index is 0.850. The third-order valence-corrected chi connectivity index (χ3v) is 25.6. The molecule has 16 heteroatoms. The van der Waals surface area contributed by atoms with E-state index in [1.54, 1.807) is 0 Å². The highest BCUT2D eigenvalue weighted by atomic mass is 32.2. The average Bonchev–Trinajstić information content (AvgIpc) is 0.653. The van der Waals surface area contributed by atoms with Gasteiger partial charge in [-0.25, -0.2) is 44.9 Å². The fourth-order valence-electron chi connectivity index (χ4n) is 16.9. The molecule has 0 bridgehead atoms. The van der Waals surface area contributed by atoms with Gasteiger partial charge in [0.15, 0.2) is 52.4 Å².